The van der Waals surface area contributed by atoms with Gasteiger partial charge in [0.05, 0.1) is 0 Å². The van der Waals surface area contributed by atoms with E-state index >= 15 is 0 Å². The number of aromatic nitrogens is 3. The van der Waals surface area contributed by atoms with Crippen LogP contribution in [0.2, 0.25) is 0 Å². The van der Waals surface area contributed by atoms with E-state index in [2.05, 4.69) is 41.7 Å². The lowest BCUT2D eigenvalue weighted by molar-refractivity contribution is -0.137. The van der Waals surface area contributed by atoms with Gasteiger partial charge in [0, 0.05) is 82.8 Å². The highest BCUT2D eigenvalue weighted by Gasteiger charge is 2.39. The molecule has 1 unspecified atom stereocenters. The number of piperidine rings is 2. The van der Waals surface area contributed by atoms with Crippen molar-refractivity contribution < 1.29 is 24.0 Å². The van der Waals surface area contributed by atoms with Gasteiger partial charge in [-0.1, -0.05) is 37.5 Å². The highest BCUT2D eigenvalue weighted by Crippen LogP contribution is 2.31. The number of benzene rings is 1. The summed E-state index contributed by atoms with van der Waals surface area (Å²) in [4.78, 5) is 74.8. The van der Waals surface area contributed by atoms with Crippen molar-refractivity contribution in [3.05, 3.63) is 88.9 Å². The van der Waals surface area contributed by atoms with Gasteiger partial charge in [-0.3, -0.25) is 39.2 Å². The lowest BCUT2D eigenvalue weighted by atomic mass is 9.91. The number of nitrogens with zero attached hydrogens (tertiary/aromatic N) is 7. The zero-order valence-corrected chi connectivity index (χ0v) is 33.3. The zero-order chi connectivity index (χ0) is 40.3. The summed E-state index contributed by atoms with van der Waals surface area (Å²) in [7, 11) is 0. The van der Waals surface area contributed by atoms with Gasteiger partial charge in [0.2, 0.25) is 17.7 Å². The van der Waals surface area contributed by atoms with Crippen LogP contribution in [0.15, 0.2) is 60.9 Å². The van der Waals surface area contributed by atoms with E-state index in [4.69, 9.17) is 0 Å². The van der Waals surface area contributed by atoms with Crippen molar-refractivity contribution in [3.63, 3.8) is 0 Å². The van der Waals surface area contributed by atoms with Crippen LogP contribution >= 0.6 is 0 Å². The van der Waals surface area contributed by atoms with Crippen molar-refractivity contribution in [3.8, 4) is 0 Å². The van der Waals surface area contributed by atoms with Crippen LogP contribution in [-0.4, -0.2) is 118 Å². The molecule has 2 aromatic heterocycles. The second-order valence-electron chi connectivity index (χ2n) is 15.9. The average Bonchev–Trinajstić information content (AvgIpc) is 3.59. The van der Waals surface area contributed by atoms with Crippen LogP contribution in [0.1, 0.15) is 102 Å². The third kappa shape index (κ3) is 10.5. The first kappa shape index (κ1) is 40.7. The Morgan fingerprint density at radius 2 is 1.71 bits per heavy atom. The van der Waals surface area contributed by atoms with Gasteiger partial charge in [-0.2, -0.15) is 0 Å². The number of hydrogen-bond acceptors (Lipinski definition) is 10. The standard InChI is InChI=1S/C44H55N9O5/c54-40(17-13-33-9-7-21-45-30-33)46-22-4-3-8-32-19-24-52(25-20-32)44(58)37-14-16-39(49-48-37)51-28-26-50(27-29-51)23-5-1-2-10-34-11-6-12-35-36(34)31-53(43(35)57)38-15-18-41(55)47-42(38)56/h6-7,9,11-14,16-17,21,30,32,38H,1-5,8,10,15,18-20,22-29,31H2,(H,46,54)(H,47,55,56)/b17-13+. The third-order valence-corrected chi connectivity index (χ3v) is 12.0. The molecule has 58 heavy (non-hydrogen) atoms. The maximum atomic E-state index is 13.2. The largest absolute Gasteiger partial charge is 0.353 e. The van der Waals surface area contributed by atoms with Crippen LogP contribution in [0, 0.1) is 5.92 Å². The summed E-state index contributed by atoms with van der Waals surface area (Å²) in [6, 6.07) is 12.8. The van der Waals surface area contributed by atoms with Crippen LogP contribution in [0.3, 0.4) is 0 Å². The molecule has 4 aliphatic rings. The monoisotopic (exact) mass is 789 g/mol. The van der Waals surface area contributed by atoms with Crippen LogP contribution in [0.25, 0.3) is 6.08 Å². The minimum atomic E-state index is -0.592. The number of fused-ring (bicyclic) bond motifs is 1. The number of piperazine rings is 1. The molecule has 0 radical (unpaired) electrons. The molecule has 0 spiro atoms. The Morgan fingerprint density at radius 3 is 2.47 bits per heavy atom. The number of rotatable bonds is 16. The van der Waals surface area contributed by atoms with E-state index in [0.717, 1.165) is 121 Å². The van der Waals surface area contributed by atoms with Gasteiger partial charge >= 0.3 is 0 Å². The minimum Gasteiger partial charge on any atom is -0.353 e. The van der Waals surface area contributed by atoms with Crippen molar-refractivity contribution in [1.82, 2.24) is 40.5 Å². The lowest BCUT2D eigenvalue weighted by Crippen LogP contribution is -2.52. The second-order valence-corrected chi connectivity index (χ2v) is 15.9. The number of imide groups is 1. The number of hydrogen-bond donors (Lipinski definition) is 2. The van der Waals surface area contributed by atoms with Gasteiger partial charge in [-0.05, 0) is 104 Å². The molecule has 3 saturated heterocycles. The lowest BCUT2D eigenvalue weighted by Gasteiger charge is -2.35. The summed E-state index contributed by atoms with van der Waals surface area (Å²) in [5.74, 6) is 0.468. The van der Waals surface area contributed by atoms with Crippen LogP contribution in [0.5, 0.6) is 0 Å². The fourth-order valence-electron chi connectivity index (χ4n) is 8.58. The quantitative estimate of drug-likeness (QED) is 0.123. The molecule has 14 nitrogen and oxygen atoms in total. The highest BCUT2D eigenvalue weighted by molar-refractivity contribution is 6.05. The average molecular weight is 790 g/mol. The molecule has 6 heterocycles. The van der Waals surface area contributed by atoms with E-state index in [-0.39, 0.29) is 36.0 Å². The molecule has 3 aromatic rings. The fraction of sp³-hybridized carbons (Fsp3) is 0.500. The van der Waals surface area contributed by atoms with E-state index in [1.165, 1.54) is 5.56 Å². The second kappa shape index (κ2) is 19.8. The van der Waals surface area contributed by atoms with Crippen LogP contribution in [-0.2, 0) is 27.3 Å². The molecule has 2 N–H and O–H groups in total. The normalized spacial score (nSPS) is 19.1. The van der Waals surface area contributed by atoms with Crippen LogP contribution in [0.4, 0.5) is 5.82 Å². The Labute approximate surface area is 340 Å². The minimum absolute atomic E-state index is 0.0521. The van der Waals surface area contributed by atoms with Gasteiger partial charge in [-0.15, -0.1) is 10.2 Å². The first-order valence-electron chi connectivity index (χ1n) is 21.0. The highest BCUT2D eigenvalue weighted by atomic mass is 16.2. The number of carbonyl (C=O) groups excluding carboxylic acids is 5. The van der Waals surface area contributed by atoms with Gasteiger partial charge in [-0.25, -0.2) is 0 Å². The number of amides is 5. The number of carbonyl (C=O) groups is 5. The number of anilines is 1. The molecule has 0 aliphatic carbocycles. The number of pyridine rings is 1. The Kier molecular flexibility index (Phi) is 13.9. The molecule has 0 bridgehead atoms. The molecule has 306 valence electrons. The zero-order valence-electron chi connectivity index (χ0n) is 33.3. The van der Waals surface area contributed by atoms with Crippen LogP contribution < -0.4 is 15.5 Å². The molecule has 1 atom stereocenters. The van der Waals surface area contributed by atoms with Crippen molar-refractivity contribution in [2.75, 3.05) is 57.3 Å². The molecular weight excluding hydrogens is 735 g/mol. The Bertz CT molecular complexity index is 1940. The van der Waals surface area contributed by atoms with Crippen molar-refractivity contribution in [2.45, 2.75) is 83.2 Å². The van der Waals surface area contributed by atoms with E-state index in [0.29, 0.717) is 36.7 Å². The summed E-state index contributed by atoms with van der Waals surface area (Å²) in [6.07, 6.45) is 16.5. The molecule has 3 fully saturated rings. The summed E-state index contributed by atoms with van der Waals surface area (Å²) in [5.41, 5.74) is 4.16. The summed E-state index contributed by atoms with van der Waals surface area (Å²) >= 11 is 0. The van der Waals surface area contributed by atoms with Gasteiger partial charge in [0.1, 0.15) is 6.04 Å². The Hall–Kier alpha value is -5.50. The van der Waals surface area contributed by atoms with E-state index in [9.17, 15) is 24.0 Å². The maximum Gasteiger partial charge on any atom is 0.274 e. The fourth-order valence-corrected chi connectivity index (χ4v) is 8.58. The molecular formula is C44H55N9O5. The van der Waals surface area contributed by atoms with Gasteiger partial charge < -0.3 is 20.0 Å². The van der Waals surface area contributed by atoms with Gasteiger partial charge in [0.25, 0.3) is 11.8 Å². The molecule has 1 aromatic carbocycles. The molecule has 7 rings (SSSR count). The Morgan fingerprint density at radius 1 is 0.862 bits per heavy atom. The van der Waals surface area contributed by atoms with Crippen molar-refractivity contribution in [2.24, 2.45) is 5.92 Å². The smallest absolute Gasteiger partial charge is 0.274 e. The van der Waals surface area contributed by atoms with Gasteiger partial charge in [0.15, 0.2) is 11.5 Å². The van der Waals surface area contributed by atoms with E-state index < -0.39 is 6.04 Å². The van der Waals surface area contributed by atoms with E-state index in [1.54, 1.807) is 29.4 Å². The number of likely N-dealkylation sites (tertiary alicyclic amines) is 1. The first-order valence-corrected chi connectivity index (χ1v) is 21.0. The van der Waals surface area contributed by atoms with Crippen molar-refractivity contribution >= 4 is 41.4 Å². The topological polar surface area (TPSA) is 161 Å². The molecule has 0 saturated carbocycles. The number of nitrogens with one attached hydrogen (secondary N) is 2. The maximum absolute atomic E-state index is 13.2. The van der Waals surface area contributed by atoms with E-state index in [1.807, 2.05) is 41.3 Å². The number of unbranched alkanes of at least 4 members (excludes halogenated alkanes) is 3. The summed E-state index contributed by atoms with van der Waals surface area (Å²) in [5, 5.41) is 14.1. The SMILES string of the molecule is O=C(/C=C/c1cccnc1)NCCCCC1CCN(C(=O)c2ccc(N3CCN(CCCCCc4cccc5c4CN(C4CCC(=O)NC4=O)C5=O)CC3)nn2)CC1. The summed E-state index contributed by atoms with van der Waals surface area (Å²) in [6.45, 7) is 7.17. The molecule has 4 aliphatic heterocycles. The molecule has 14 heteroatoms. The predicted molar refractivity (Wildman–Crippen MR) is 219 cm³/mol. The Balaban J connectivity index is 0.749. The predicted octanol–water partition coefficient (Wildman–Crippen LogP) is 4.02. The van der Waals surface area contributed by atoms with Crippen molar-refractivity contribution in [1.29, 1.82) is 0 Å². The summed E-state index contributed by atoms with van der Waals surface area (Å²) < 4.78 is 0. The molecule has 5 amide bonds. The first-order chi connectivity index (χ1) is 28.3. The third-order valence-electron chi connectivity index (χ3n) is 12.0. The number of aryl methyl sites for hydroxylation is 1.